The number of pyridine rings is 1. The van der Waals surface area contributed by atoms with E-state index >= 15 is 0 Å². The molecule has 1 aliphatic rings. The van der Waals surface area contributed by atoms with Crippen LogP contribution in [0.2, 0.25) is 0 Å². The highest BCUT2D eigenvalue weighted by molar-refractivity contribution is 5.19. The molecule has 0 saturated heterocycles. The van der Waals surface area contributed by atoms with Crippen molar-refractivity contribution in [2.24, 2.45) is 5.92 Å². The number of nitrogens with zero attached hydrogens (tertiary/aromatic N) is 1. The first-order valence-electron chi connectivity index (χ1n) is 5.83. The summed E-state index contributed by atoms with van der Waals surface area (Å²) in [4.78, 5) is 4.23. The number of aryl methyl sites for hydroxylation is 1. The maximum absolute atomic E-state index is 5.90. The zero-order chi connectivity index (χ0) is 10.7. The van der Waals surface area contributed by atoms with E-state index in [1.54, 1.807) is 0 Å². The van der Waals surface area contributed by atoms with Crippen LogP contribution in [0.1, 0.15) is 38.3 Å². The number of ether oxygens (including phenoxy) is 1. The Morgan fingerprint density at radius 3 is 2.53 bits per heavy atom. The SMILES string of the molecule is Cc1ccc(OC2CCC(C)CC2)cn1. The van der Waals surface area contributed by atoms with Crippen LogP contribution in [0, 0.1) is 12.8 Å². The van der Waals surface area contributed by atoms with Gasteiger partial charge >= 0.3 is 0 Å². The summed E-state index contributed by atoms with van der Waals surface area (Å²) in [5.74, 6) is 1.79. The van der Waals surface area contributed by atoms with Crippen molar-refractivity contribution in [2.75, 3.05) is 0 Å². The lowest BCUT2D eigenvalue weighted by Gasteiger charge is -2.26. The van der Waals surface area contributed by atoms with Gasteiger partial charge in [0.25, 0.3) is 0 Å². The summed E-state index contributed by atoms with van der Waals surface area (Å²) in [6.45, 7) is 4.32. The molecule has 1 heterocycles. The van der Waals surface area contributed by atoms with Gasteiger partial charge in [0.05, 0.1) is 12.3 Å². The highest BCUT2D eigenvalue weighted by atomic mass is 16.5. The van der Waals surface area contributed by atoms with E-state index in [9.17, 15) is 0 Å². The standard InChI is InChI=1S/C13H19NO/c1-10-3-6-12(7-4-10)15-13-8-5-11(2)14-9-13/h5,8-10,12H,3-4,6-7H2,1-2H3. The lowest BCUT2D eigenvalue weighted by molar-refractivity contribution is 0.135. The Balaban J connectivity index is 1.89. The first kappa shape index (κ1) is 10.5. The van der Waals surface area contributed by atoms with Crippen molar-refractivity contribution in [3.8, 4) is 5.75 Å². The molecule has 1 fully saturated rings. The number of hydrogen-bond donors (Lipinski definition) is 0. The van der Waals surface area contributed by atoms with E-state index in [0.29, 0.717) is 6.10 Å². The smallest absolute Gasteiger partial charge is 0.138 e. The minimum absolute atomic E-state index is 0.408. The largest absolute Gasteiger partial charge is 0.489 e. The fraction of sp³-hybridized carbons (Fsp3) is 0.615. The fourth-order valence-electron chi connectivity index (χ4n) is 2.06. The Hall–Kier alpha value is -1.05. The van der Waals surface area contributed by atoms with E-state index < -0.39 is 0 Å². The lowest BCUT2D eigenvalue weighted by atomic mass is 9.89. The van der Waals surface area contributed by atoms with Crippen LogP contribution in [0.4, 0.5) is 0 Å². The first-order valence-corrected chi connectivity index (χ1v) is 5.83. The van der Waals surface area contributed by atoms with Gasteiger partial charge in [0.1, 0.15) is 5.75 Å². The molecule has 0 aromatic carbocycles. The summed E-state index contributed by atoms with van der Waals surface area (Å²) in [5, 5.41) is 0. The van der Waals surface area contributed by atoms with Gasteiger partial charge in [-0.15, -0.1) is 0 Å². The summed E-state index contributed by atoms with van der Waals surface area (Å²) in [7, 11) is 0. The highest BCUT2D eigenvalue weighted by Gasteiger charge is 2.19. The molecule has 0 N–H and O–H groups in total. The van der Waals surface area contributed by atoms with Crippen LogP contribution in [0.25, 0.3) is 0 Å². The molecule has 0 bridgehead atoms. The monoisotopic (exact) mass is 205 g/mol. The molecule has 0 unspecified atom stereocenters. The zero-order valence-electron chi connectivity index (χ0n) is 9.57. The average Bonchev–Trinajstić information content (AvgIpc) is 2.25. The van der Waals surface area contributed by atoms with E-state index in [0.717, 1.165) is 17.4 Å². The quantitative estimate of drug-likeness (QED) is 0.738. The van der Waals surface area contributed by atoms with Crippen molar-refractivity contribution < 1.29 is 4.74 Å². The Labute approximate surface area is 91.7 Å². The molecule has 1 saturated carbocycles. The van der Waals surface area contributed by atoms with Crippen molar-refractivity contribution in [3.05, 3.63) is 24.0 Å². The summed E-state index contributed by atoms with van der Waals surface area (Å²) in [5.41, 5.74) is 1.04. The third kappa shape index (κ3) is 2.95. The van der Waals surface area contributed by atoms with Crippen molar-refractivity contribution in [1.29, 1.82) is 0 Å². The molecule has 1 aromatic heterocycles. The van der Waals surface area contributed by atoms with Crippen LogP contribution in [0.5, 0.6) is 5.75 Å². The molecule has 0 atom stereocenters. The summed E-state index contributed by atoms with van der Waals surface area (Å²) in [6.07, 6.45) is 7.21. The molecule has 1 aliphatic carbocycles. The van der Waals surface area contributed by atoms with Gasteiger partial charge in [-0.05, 0) is 50.7 Å². The minimum atomic E-state index is 0.408. The number of rotatable bonds is 2. The Morgan fingerprint density at radius 1 is 1.20 bits per heavy atom. The number of aromatic nitrogens is 1. The van der Waals surface area contributed by atoms with E-state index in [4.69, 9.17) is 4.74 Å². The Kier molecular flexibility index (Phi) is 3.24. The van der Waals surface area contributed by atoms with Crippen molar-refractivity contribution in [2.45, 2.75) is 45.6 Å². The van der Waals surface area contributed by atoms with Gasteiger partial charge in [0.2, 0.25) is 0 Å². The van der Waals surface area contributed by atoms with Gasteiger partial charge in [0.15, 0.2) is 0 Å². The molecular weight excluding hydrogens is 186 g/mol. The second kappa shape index (κ2) is 4.65. The fourth-order valence-corrected chi connectivity index (χ4v) is 2.06. The zero-order valence-corrected chi connectivity index (χ0v) is 9.57. The van der Waals surface area contributed by atoms with Gasteiger partial charge in [-0.3, -0.25) is 4.98 Å². The summed E-state index contributed by atoms with van der Waals surface area (Å²) in [6, 6.07) is 4.02. The molecule has 0 radical (unpaired) electrons. The van der Waals surface area contributed by atoms with E-state index in [2.05, 4.69) is 11.9 Å². The predicted molar refractivity (Wildman–Crippen MR) is 61.0 cm³/mol. The maximum Gasteiger partial charge on any atom is 0.138 e. The molecular formula is C13H19NO. The third-order valence-electron chi connectivity index (χ3n) is 3.15. The predicted octanol–water partition coefficient (Wildman–Crippen LogP) is 3.35. The third-order valence-corrected chi connectivity index (χ3v) is 3.15. The van der Waals surface area contributed by atoms with Crippen molar-refractivity contribution in [3.63, 3.8) is 0 Å². The second-order valence-corrected chi connectivity index (χ2v) is 4.64. The molecule has 2 nitrogen and oxygen atoms in total. The summed E-state index contributed by atoms with van der Waals surface area (Å²) < 4.78 is 5.90. The van der Waals surface area contributed by atoms with Crippen LogP contribution in [-0.4, -0.2) is 11.1 Å². The van der Waals surface area contributed by atoms with E-state index in [1.165, 1.54) is 25.7 Å². The molecule has 15 heavy (non-hydrogen) atoms. The summed E-state index contributed by atoms with van der Waals surface area (Å²) >= 11 is 0. The van der Waals surface area contributed by atoms with E-state index in [1.807, 2.05) is 25.3 Å². The number of hydrogen-bond acceptors (Lipinski definition) is 2. The second-order valence-electron chi connectivity index (χ2n) is 4.64. The minimum Gasteiger partial charge on any atom is -0.489 e. The van der Waals surface area contributed by atoms with Gasteiger partial charge in [-0.25, -0.2) is 0 Å². The van der Waals surface area contributed by atoms with Gasteiger partial charge in [0, 0.05) is 5.69 Å². The van der Waals surface area contributed by atoms with Gasteiger partial charge in [-0.2, -0.15) is 0 Å². The van der Waals surface area contributed by atoms with Crippen LogP contribution < -0.4 is 4.74 Å². The van der Waals surface area contributed by atoms with Crippen LogP contribution in [0.15, 0.2) is 18.3 Å². The van der Waals surface area contributed by atoms with E-state index in [-0.39, 0.29) is 0 Å². The first-order chi connectivity index (χ1) is 7.24. The van der Waals surface area contributed by atoms with Crippen LogP contribution in [0.3, 0.4) is 0 Å². The van der Waals surface area contributed by atoms with Crippen LogP contribution >= 0.6 is 0 Å². The van der Waals surface area contributed by atoms with Crippen LogP contribution in [-0.2, 0) is 0 Å². The molecule has 0 spiro atoms. The van der Waals surface area contributed by atoms with Gasteiger partial charge in [-0.1, -0.05) is 6.92 Å². The van der Waals surface area contributed by atoms with Gasteiger partial charge < -0.3 is 4.74 Å². The maximum atomic E-state index is 5.90. The molecule has 82 valence electrons. The average molecular weight is 205 g/mol. The topological polar surface area (TPSA) is 22.1 Å². The Morgan fingerprint density at radius 2 is 1.93 bits per heavy atom. The van der Waals surface area contributed by atoms with Crippen molar-refractivity contribution >= 4 is 0 Å². The molecule has 2 heteroatoms. The van der Waals surface area contributed by atoms with Crippen molar-refractivity contribution in [1.82, 2.24) is 4.98 Å². The molecule has 1 aromatic rings. The Bertz CT molecular complexity index is 299. The molecule has 2 rings (SSSR count). The molecule has 0 amide bonds. The lowest BCUT2D eigenvalue weighted by Crippen LogP contribution is -2.23. The molecule has 0 aliphatic heterocycles. The highest BCUT2D eigenvalue weighted by Crippen LogP contribution is 2.26. The normalized spacial score (nSPS) is 26.3.